The third kappa shape index (κ3) is 4.49. The third-order valence-corrected chi connectivity index (χ3v) is 5.14. The Morgan fingerprint density at radius 3 is 2.52 bits per heavy atom. The summed E-state index contributed by atoms with van der Waals surface area (Å²) in [5.74, 6) is 0.891. The van der Waals surface area contributed by atoms with E-state index in [-0.39, 0.29) is 5.91 Å². The van der Waals surface area contributed by atoms with E-state index in [9.17, 15) is 4.79 Å². The lowest BCUT2D eigenvalue weighted by Gasteiger charge is -2.17. The van der Waals surface area contributed by atoms with Crippen molar-refractivity contribution in [2.45, 2.75) is 20.3 Å². The van der Waals surface area contributed by atoms with Gasteiger partial charge in [-0.15, -0.1) is 0 Å². The van der Waals surface area contributed by atoms with E-state index in [0.717, 1.165) is 48.6 Å². The fourth-order valence-electron chi connectivity index (χ4n) is 3.15. The largest absolute Gasteiger partial charge is 0.331 e. The number of aromatic nitrogens is 2. The Balaban J connectivity index is 1.76. The van der Waals surface area contributed by atoms with Gasteiger partial charge in [0.2, 0.25) is 0 Å². The fraction of sp³-hybridized carbons (Fsp3) is 0.333. The summed E-state index contributed by atoms with van der Waals surface area (Å²) in [5.41, 5.74) is 3.26. The molecule has 0 saturated heterocycles. The number of amides is 1. The highest BCUT2D eigenvalue weighted by Crippen LogP contribution is 2.21. The van der Waals surface area contributed by atoms with Crippen molar-refractivity contribution in [2.24, 2.45) is 7.05 Å². The molecule has 6 heteroatoms. The predicted molar refractivity (Wildman–Crippen MR) is 112 cm³/mol. The highest BCUT2D eigenvalue weighted by molar-refractivity contribution is 6.30. The van der Waals surface area contributed by atoms with Crippen LogP contribution in [0.25, 0.3) is 11.0 Å². The lowest BCUT2D eigenvalue weighted by Crippen LogP contribution is -2.26. The molecule has 0 saturated carbocycles. The number of nitrogens with one attached hydrogen (secondary N) is 1. The molecule has 0 aliphatic rings. The zero-order chi connectivity index (χ0) is 19.4. The molecule has 142 valence electrons. The van der Waals surface area contributed by atoms with E-state index < -0.39 is 0 Å². The minimum atomic E-state index is -0.163. The van der Waals surface area contributed by atoms with Gasteiger partial charge < -0.3 is 14.8 Å². The highest BCUT2D eigenvalue weighted by atomic mass is 35.5. The number of halogens is 1. The summed E-state index contributed by atoms with van der Waals surface area (Å²) < 4.78 is 2.13. The van der Waals surface area contributed by atoms with Gasteiger partial charge in [-0.2, -0.15) is 0 Å². The molecule has 5 nitrogen and oxygen atoms in total. The van der Waals surface area contributed by atoms with Gasteiger partial charge in [0.1, 0.15) is 5.82 Å². The first-order valence-electron chi connectivity index (χ1n) is 9.26. The van der Waals surface area contributed by atoms with E-state index in [4.69, 9.17) is 16.6 Å². The lowest BCUT2D eigenvalue weighted by atomic mass is 10.2. The van der Waals surface area contributed by atoms with Crippen LogP contribution in [0.1, 0.15) is 30.0 Å². The van der Waals surface area contributed by atoms with Gasteiger partial charge in [0.25, 0.3) is 5.91 Å². The Morgan fingerprint density at radius 1 is 1.15 bits per heavy atom. The van der Waals surface area contributed by atoms with Gasteiger partial charge in [0, 0.05) is 36.3 Å². The third-order valence-electron chi connectivity index (χ3n) is 4.88. The Bertz CT molecular complexity index is 929. The van der Waals surface area contributed by atoms with Gasteiger partial charge in [-0.25, -0.2) is 4.98 Å². The zero-order valence-electron chi connectivity index (χ0n) is 16.0. The average molecular weight is 385 g/mol. The maximum absolute atomic E-state index is 12.4. The average Bonchev–Trinajstić information content (AvgIpc) is 2.98. The fourth-order valence-corrected chi connectivity index (χ4v) is 3.28. The number of imidazole rings is 1. The van der Waals surface area contributed by atoms with Crippen LogP contribution >= 0.6 is 11.6 Å². The molecule has 3 aromatic rings. The number of carbonyl (C=O) groups is 1. The Kier molecular flexibility index (Phi) is 6.14. The molecule has 0 bridgehead atoms. The van der Waals surface area contributed by atoms with E-state index in [2.05, 4.69) is 28.6 Å². The number of likely N-dealkylation sites (N-methyl/N-ethyl adjacent to an activating group) is 1. The molecule has 0 spiro atoms. The van der Waals surface area contributed by atoms with Gasteiger partial charge in [-0.1, -0.05) is 25.4 Å². The maximum atomic E-state index is 12.4. The SMILES string of the molecule is CCN(CC)CCc1nc2cc(NC(=O)c3ccc(Cl)cc3)ccc2n1C. The molecular weight excluding hydrogens is 360 g/mol. The lowest BCUT2D eigenvalue weighted by molar-refractivity contribution is 0.102. The van der Waals surface area contributed by atoms with Crippen LogP contribution in [0.5, 0.6) is 0 Å². The number of nitrogens with zero attached hydrogens (tertiary/aromatic N) is 3. The first kappa shape index (κ1) is 19.4. The summed E-state index contributed by atoms with van der Waals surface area (Å²) in [5, 5.41) is 3.54. The topological polar surface area (TPSA) is 50.2 Å². The Hall–Kier alpha value is -2.37. The number of hydrogen-bond donors (Lipinski definition) is 1. The van der Waals surface area contributed by atoms with Gasteiger partial charge in [0.05, 0.1) is 11.0 Å². The van der Waals surface area contributed by atoms with Gasteiger partial charge in [-0.3, -0.25) is 4.79 Å². The van der Waals surface area contributed by atoms with Crippen molar-refractivity contribution in [2.75, 3.05) is 25.0 Å². The predicted octanol–water partition coefficient (Wildman–Crippen LogP) is 4.36. The van der Waals surface area contributed by atoms with Gasteiger partial charge in [-0.05, 0) is 55.6 Å². The first-order chi connectivity index (χ1) is 13.0. The van der Waals surface area contributed by atoms with E-state index in [0.29, 0.717) is 10.6 Å². The maximum Gasteiger partial charge on any atom is 0.255 e. The van der Waals surface area contributed by atoms with Crippen LogP contribution in [0.15, 0.2) is 42.5 Å². The summed E-state index contributed by atoms with van der Waals surface area (Å²) in [6.45, 7) is 7.43. The molecule has 1 N–H and O–H groups in total. The minimum Gasteiger partial charge on any atom is -0.331 e. The van der Waals surface area contributed by atoms with Crippen molar-refractivity contribution in [3.63, 3.8) is 0 Å². The molecule has 0 fully saturated rings. The Labute approximate surface area is 165 Å². The molecule has 2 aromatic carbocycles. The van der Waals surface area contributed by atoms with Crippen LogP contribution < -0.4 is 5.32 Å². The van der Waals surface area contributed by atoms with Crippen molar-refractivity contribution in [3.05, 3.63) is 58.9 Å². The molecule has 0 aliphatic heterocycles. The number of carbonyl (C=O) groups excluding carboxylic acids is 1. The molecule has 0 radical (unpaired) electrons. The van der Waals surface area contributed by atoms with Crippen LogP contribution in [-0.4, -0.2) is 40.0 Å². The summed E-state index contributed by atoms with van der Waals surface area (Å²) in [7, 11) is 2.04. The van der Waals surface area contributed by atoms with E-state index in [1.54, 1.807) is 24.3 Å². The molecule has 27 heavy (non-hydrogen) atoms. The van der Waals surface area contributed by atoms with E-state index in [1.807, 2.05) is 25.2 Å². The smallest absolute Gasteiger partial charge is 0.255 e. The van der Waals surface area contributed by atoms with Crippen molar-refractivity contribution in [1.82, 2.24) is 14.5 Å². The molecule has 1 heterocycles. The second-order valence-corrected chi connectivity index (χ2v) is 6.96. The Morgan fingerprint density at radius 2 is 1.85 bits per heavy atom. The molecule has 1 amide bonds. The highest BCUT2D eigenvalue weighted by Gasteiger charge is 2.11. The molecule has 0 aliphatic carbocycles. The number of anilines is 1. The van der Waals surface area contributed by atoms with Crippen molar-refractivity contribution >= 4 is 34.2 Å². The standard InChI is InChI=1S/C21H25ClN4O/c1-4-26(5-2)13-12-20-24-18-14-17(10-11-19(18)25(20)3)23-21(27)15-6-8-16(22)9-7-15/h6-11,14H,4-5,12-13H2,1-3H3,(H,23,27). The van der Waals surface area contributed by atoms with Gasteiger partial charge >= 0.3 is 0 Å². The second kappa shape index (κ2) is 8.55. The molecular formula is C21H25ClN4O. The van der Waals surface area contributed by atoms with Crippen LogP contribution in [0, 0.1) is 0 Å². The minimum absolute atomic E-state index is 0.163. The molecule has 0 unspecified atom stereocenters. The normalized spacial score (nSPS) is 11.3. The monoisotopic (exact) mass is 384 g/mol. The number of aryl methyl sites for hydroxylation is 1. The van der Waals surface area contributed by atoms with Crippen molar-refractivity contribution in [1.29, 1.82) is 0 Å². The number of rotatable bonds is 7. The zero-order valence-corrected chi connectivity index (χ0v) is 16.8. The quantitative estimate of drug-likeness (QED) is 0.658. The van der Waals surface area contributed by atoms with Crippen LogP contribution in [0.4, 0.5) is 5.69 Å². The molecule has 3 rings (SSSR count). The second-order valence-electron chi connectivity index (χ2n) is 6.53. The van der Waals surface area contributed by atoms with E-state index in [1.165, 1.54) is 0 Å². The van der Waals surface area contributed by atoms with Crippen molar-refractivity contribution < 1.29 is 4.79 Å². The summed E-state index contributed by atoms with van der Waals surface area (Å²) in [6.07, 6.45) is 0.902. The molecule has 0 atom stereocenters. The molecule has 1 aromatic heterocycles. The van der Waals surface area contributed by atoms with Crippen LogP contribution in [-0.2, 0) is 13.5 Å². The number of fused-ring (bicyclic) bond motifs is 1. The van der Waals surface area contributed by atoms with Gasteiger partial charge in [0.15, 0.2) is 0 Å². The number of hydrogen-bond acceptors (Lipinski definition) is 3. The summed E-state index contributed by atoms with van der Waals surface area (Å²) in [4.78, 5) is 19.6. The van der Waals surface area contributed by atoms with E-state index >= 15 is 0 Å². The summed E-state index contributed by atoms with van der Waals surface area (Å²) >= 11 is 5.88. The number of benzene rings is 2. The summed E-state index contributed by atoms with van der Waals surface area (Å²) in [6, 6.07) is 12.7. The van der Waals surface area contributed by atoms with Crippen molar-refractivity contribution in [3.8, 4) is 0 Å². The first-order valence-corrected chi connectivity index (χ1v) is 9.64. The van der Waals surface area contributed by atoms with Crippen LogP contribution in [0.2, 0.25) is 5.02 Å². The van der Waals surface area contributed by atoms with Crippen LogP contribution in [0.3, 0.4) is 0 Å².